The van der Waals surface area contributed by atoms with Gasteiger partial charge >= 0.3 is 0 Å². The van der Waals surface area contributed by atoms with Crippen molar-refractivity contribution in [3.63, 3.8) is 0 Å². The molecule has 0 bridgehead atoms. The Morgan fingerprint density at radius 1 is 0.970 bits per heavy atom. The van der Waals surface area contributed by atoms with Gasteiger partial charge < -0.3 is 24.0 Å². The van der Waals surface area contributed by atoms with Crippen molar-refractivity contribution in [2.24, 2.45) is 0 Å². The van der Waals surface area contributed by atoms with Gasteiger partial charge in [0.05, 0.1) is 13.2 Å². The summed E-state index contributed by atoms with van der Waals surface area (Å²) in [6.45, 7) is 3.02. The number of carbonyl (C=O) groups is 2. The van der Waals surface area contributed by atoms with Gasteiger partial charge in [-0.3, -0.25) is 9.59 Å². The van der Waals surface area contributed by atoms with E-state index in [4.69, 9.17) is 14.2 Å². The van der Waals surface area contributed by atoms with E-state index in [2.05, 4.69) is 0 Å². The summed E-state index contributed by atoms with van der Waals surface area (Å²) < 4.78 is 17.1. The van der Waals surface area contributed by atoms with Crippen LogP contribution in [0.2, 0.25) is 0 Å². The highest BCUT2D eigenvalue weighted by atomic mass is 16.5. The van der Waals surface area contributed by atoms with Crippen LogP contribution in [0.15, 0.2) is 48.5 Å². The lowest BCUT2D eigenvalue weighted by Gasteiger charge is -2.36. The summed E-state index contributed by atoms with van der Waals surface area (Å²) in [4.78, 5) is 30.0. The average Bonchev–Trinajstić information content (AvgIpc) is 3.52. The normalized spacial score (nSPS) is 22.2. The first kappa shape index (κ1) is 21.8. The maximum absolute atomic E-state index is 13.5. The van der Waals surface area contributed by atoms with Crippen LogP contribution in [0.5, 0.6) is 11.5 Å². The highest BCUT2D eigenvalue weighted by Crippen LogP contribution is 2.30. The zero-order valence-corrected chi connectivity index (χ0v) is 18.8. The van der Waals surface area contributed by atoms with Gasteiger partial charge in [0.25, 0.3) is 5.91 Å². The summed E-state index contributed by atoms with van der Waals surface area (Å²) in [6.07, 6.45) is 3.55. The Bertz CT molecular complexity index is 989. The van der Waals surface area contributed by atoms with Crippen LogP contribution in [-0.2, 0) is 27.4 Å². The van der Waals surface area contributed by atoms with Crippen LogP contribution in [0.4, 0.5) is 0 Å². The minimum absolute atomic E-state index is 0.0191. The van der Waals surface area contributed by atoms with Crippen molar-refractivity contribution in [3.8, 4) is 11.5 Å². The van der Waals surface area contributed by atoms with Gasteiger partial charge in [-0.25, -0.2) is 0 Å². The molecular formula is C26H30N2O5. The third-order valence-electron chi connectivity index (χ3n) is 6.62. The predicted molar refractivity (Wildman–Crippen MR) is 122 cm³/mol. The molecule has 0 radical (unpaired) electrons. The Kier molecular flexibility index (Phi) is 6.48. The van der Waals surface area contributed by atoms with Crippen LogP contribution in [0.1, 0.15) is 36.8 Å². The lowest BCUT2D eigenvalue weighted by atomic mass is 10.0. The van der Waals surface area contributed by atoms with Gasteiger partial charge in [-0.1, -0.05) is 24.3 Å². The number of carbonyl (C=O) groups excluding carboxylic acids is 2. The largest absolute Gasteiger partial charge is 0.488 e. The van der Waals surface area contributed by atoms with Crippen molar-refractivity contribution in [2.45, 2.75) is 50.9 Å². The van der Waals surface area contributed by atoms with Gasteiger partial charge in [-0.2, -0.15) is 0 Å². The molecule has 174 valence electrons. The van der Waals surface area contributed by atoms with Crippen molar-refractivity contribution >= 4 is 11.8 Å². The fraction of sp³-hybridized carbons (Fsp3) is 0.462. The second kappa shape index (κ2) is 9.83. The van der Waals surface area contributed by atoms with Crippen LogP contribution in [0, 0.1) is 0 Å². The number of piperidine rings is 1. The summed E-state index contributed by atoms with van der Waals surface area (Å²) >= 11 is 0. The second-order valence-electron chi connectivity index (χ2n) is 8.93. The first-order chi connectivity index (χ1) is 16.2. The summed E-state index contributed by atoms with van der Waals surface area (Å²) in [5.41, 5.74) is 2.25. The molecule has 7 heteroatoms. The number of amides is 2. The molecule has 0 saturated carbocycles. The SMILES string of the molecule is O=C([C@H]1CCCCN1C(=O)COc1ccccc1)N1Cc2ccc(O[C@@H]3CCOC3)cc2C1. The number of fused-ring (bicyclic) bond motifs is 1. The molecule has 3 heterocycles. The quantitative estimate of drug-likeness (QED) is 0.676. The topological polar surface area (TPSA) is 68.3 Å². The number of likely N-dealkylation sites (tertiary alicyclic amines) is 1. The third kappa shape index (κ3) is 4.98. The molecule has 7 nitrogen and oxygen atoms in total. The van der Waals surface area contributed by atoms with Crippen molar-refractivity contribution in [1.82, 2.24) is 9.80 Å². The molecule has 3 aliphatic heterocycles. The van der Waals surface area contributed by atoms with Gasteiger partial charge in [0.15, 0.2) is 6.61 Å². The van der Waals surface area contributed by atoms with Crippen molar-refractivity contribution < 1.29 is 23.8 Å². The van der Waals surface area contributed by atoms with Crippen LogP contribution >= 0.6 is 0 Å². The standard InChI is InChI=1S/C26H30N2O5/c29-25(18-32-21-6-2-1-3-7-21)28-12-5-4-8-24(28)26(30)27-15-19-9-10-22(14-20(19)16-27)33-23-11-13-31-17-23/h1-3,6-7,9-10,14,23-24H,4-5,8,11-13,15-18H2/t23-,24-/m1/s1. The summed E-state index contributed by atoms with van der Waals surface area (Å²) in [7, 11) is 0. The Morgan fingerprint density at radius 3 is 2.64 bits per heavy atom. The maximum Gasteiger partial charge on any atom is 0.261 e. The zero-order chi connectivity index (χ0) is 22.6. The van der Waals surface area contributed by atoms with Gasteiger partial charge in [0, 0.05) is 26.1 Å². The molecule has 3 aliphatic rings. The van der Waals surface area contributed by atoms with E-state index in [1.807, 2.05) is 53.4 Å². The van der Waals surface area contributed by atoms with E-state index in [0.29, 0.717) is 38.4 Å². The Balaban J connectivity index is 1.21. The summed E-state index contributed by atoms with van der Waals surface area (Å²) in [6, 6.07) is 14.9. The molecule has 0 unspecified atom stereocenters. The monoisotopic (exact) mass is 450 g/mol. The van der Waals surface area contributed by atoms with Crippen molar-refractivity contribution in [3.05, 3.63) is 59.7 Å². The molecule has 2 atom stereocenters. The lowest BCUT2D eigenvalue weighted by molar-refractivity contribution is -0.149. The Labute approximate surface area is 194 Å². The fourth-order valence-electron chi connectivity index (χ4n) is 4.84. The van der Waals surface area contributed by atoms with Gasteiger partial charge in [-0.15, -0.1) is 0 Å². The van der Waals surface area contributed by atoms with Gasteiger partial charge in [0.1, 0.15) is 23.6 Å². The first-order valence-corrected chi connectivity index (χ1v) is 11.8. The molecule has 0 aliphatic carbocycles. The minimum Gasteiger partial charge on any atom is -0.488 e. The van der Waals surface area contributed by atoms with Crippen LogP contribution in [0.25, 0.3) is 0 Å². The van der Waals surface area contributed by atoms with E-state index in [0.717, 1.165) is 42.7 Å². The van der Waals surface area contributed by atoms with E-state index in [1.165, 1.54) is 0 Å². The molecule has 2 saturated heterocycles. The number of nitrogens with zero attached hydrogens (tertiary/aromatic N) is 2. The van der Waals surface area contributed by atoms with Crippen molar-refractivity contribution in [2.75, 3.05) is 26.4 Å². The fourth-order valence-corrected chi connectivity index (χ4v) is 4.84. The van der Waals surface area contributed by atoms with E-state index in [9.17, 15) is 9.59 Å². The van der Waals surface area contributed by atoms with Crippen LogP contribution < -0.4 is 9.47 Å². The smallest absolute Gasteiger partial charge is 0.261 e. The van der Waals surface area contributed by atoms with E-state index < -0.39 is 6.04 Å². The highest BCUT2D eigenvalue weighted by molar-refractivity contribution is 5.88. The predicted octanol–water partition coefficient (Wildman–Crippen LogP) is 3.16. The molecule has 0 spiro atoms. The average molecular weight is 451 g/mol. The molecule has 2 aromatic carbocycles. The molecule has 0 aromatic heterocycles. The van der Waals surface area contributed by atoms with Crippen molar-refractivity contribution in [1.29, 1.82) is 0 Å². The number of ether oxygens (including phenoxy) is 3. The van der Waals surface area contributed by atoms with E-state index in [1.54, 1.807) is 4.90 Å². The Morgan fingerprint density at radius 2 is 1.82 bits per heavy atom. The van der Waals surface area contributed by atoms with Gasteiger partial charge in [-0.05, 0) is 54.7 Å². The van der Waals surface area contributed by atoms with E-state index >= 15 is 0 Å². The number of hydrogen-bond acceptors (Lipinski definition) is 5. The molecule has 0 N–H and O–H groups in total. The van der Waals surface area contributed by atoms with Gasteiger partial charge in [0.2, 0.25) is 5.91 Å². The number of benzene rings is 2. The second-order valence-corrected chi connectivity index (χ2v) is 8.93. The molecular weight excluding hydrogens is 420 g/mol. The highest BCUT2D eigenvalue weighted by Gasteiger charge is 2.36. The summed E-state index contributed by atoms with van der Waals surface area (Å²) in [5.74, 6) is 1.36. The molecule has 33 heavy (non-hydrogen) atoms. The number of rotatable bonds is 6. The molecule has 2 aromatic rings. The van der Waals surface area contributed by atoms with Crippen LogP contribution in [-0.4, -0.2) is 60.1 Å². The lowest BCUT2D eigenvalue weighted by Crippen LogP contribution is -2.53. The molecule has 2 fully saturated rings. The third-order valence-corrected chi connectivity index (χ3v) is 6.62. The molecule has 5 rings (SSSR count). The minimum atomic E-state index is -0.425. The number of hydrogen-bond donors (Lipinski definition) is 0. The summed E-state index contributed by atoms with van der Waals surface area (Å²) in [5, 5.41) is 0. The molecule has 2 amide bonds. The Hall–Kier alpha value is -3.06. The first-order valence-electron chi connectivity index (χ1n) is 11.8. The number of para-hydroxylation sites is 1. The maximum atomic E-state index is 13.5. The van der Waals surface area contributed by atoms with Crippen LogP contribution in [0.3, 0.4) is 0 Å². The van der Waals surface area contributed by atoms with E-state index in [-0.39, 0.29) is 24.5 Å². The zero-order valence-electron chi connectivity index (χ0n) is 18.8.